The van der Waals surface area contributed by atoms with Gasteiger partial charge in [-0.1, -0.05) is 12.2 Å². The smallest absolute Gasteiger partial charge is 0.246 e. The van der Waals surface area contributed by atoms with Gasteiger partial charge in [0.15, 0.2) is 0 Å². The van der Waals surface area contributed by atoms with Crippen LogP contribution in [0.5, 0.6) is 0 Å². The molecule has 0 saturated carbocycles. The van der Waals surface area contributed by atoms with Crippen molar-refractivity contribution in [3.63, 3.8) is 0 Å². The molecule has 0 aromatic rings. The molecule has 2 heterocycles. The molecule has 1 saturated heterocycles. The highest BCUT2D eigenvalue weighted by molar-refractivity contribution is 5.78. The molecule has 0 aromatic carbocycles. The molecule has 7 nitrogen and oxygen atoms in total. The van der Waals surface area contributed by atoms with Crippen LogP contribution in [0.1, 0.15) is 25.7 Å². The second-order valence-electron chi connectivity index (χ2n) is 5.95. The second kappa shape index (κ2) is 9.00. The Kier molecular flexibility index (Phi) is 7.01. The minimum atomic E-state index is -0.556. The van der Waals surface area contributed by atoms with E-state index in [1.165, 1.54) is 13.5 Å². The van der Waals surface area contributed by atoms with Crippen LogP contribution in [-0.2, 0) is 19.1 Å². The van der Waals surface area contributed by atoms with Crippen LogP contribution in [0.25, 0.3) is 0 Å². The Morgan fingerprint density at radius 3 is 2.70 bits per heavy atom. The van der Waals surface area contributed by atoms with Gasteiger partial charge in [0.25, 0.3) is 0 Å². The minimum Gasteiger partial charge on any atom is -0.394 e. The normalized spacial score (nSPS) is 27.7. The summed E-state index contributed by atoms with van der Waals surface area (Å²) in [4.78, 5) is 25.7. The van der Waals surface area contributed by atoms with Crippen molar-refractivity contribution in [2.75, 3.05) is 33.4 Å². The Hall–Kier alpha value is -1.44. The van der Waals surface area contributed by atoms with Gasteiger partial charge < -0.3 is 24.8 Å². The zero-order valence-electron chi connectivity index (χ0n) is 13.6. The molecule has 130 valence electrons. The largest absolute Gasteiger partial charge is 0.394 e. The standard InChI is InChI=1S/C16H26N2O5/c1-22-11-15(20)17-13-6-5-12(23-14(13)10-19)9-16(21)18-7-3-2-4-8-18/h5-6,12-14,19H,2-4,7-11H2,1H3,(H,17,20)/t12-,13+,14-/m1/s1. The van der Waals surface area contributed by atoms with E-state index in [-0.39, 0.29) is 37.6 Å². The first-order valence-electron chi connectivity index (χ1n) is 8.14. The summed E-state index contributed by atoms with van der Waals surface area (Å²) < 4.78 is 10.5. The maximum atomic E-state index is 12.3. The lowest BCUT2D eigenvalue weighted by molar-refractivity contribution is -0.137. The average molecular weight is 326 g/mol. The first-order valence-corrected chi connectivity index (χ1v) is 8.14. The molecule has 0 aromatic heterocycles. The first kappa shape index (κ1) is 17.9. The highest BCUT2D eigenvalue weighted by Gasteiger charge is 2.30. The molecule has 0 aliphatic carbocycles. The van der Waals surface area contributed by atoms with E-state index in [2.05, 4.69) is 5.32 Å². The maximum absolute atomic E-state index is 12.3. The van der Waals surface area contributed by atoms with Gasteiger partial charge in [0.1, 0.15) is 12.7 Å². The molecular formula is C16H26N2O5. The van der Waals surface area contributed by atoms with Crippen molar-refractivity contribution in [3.8, 4) is 0 Å². The number of amides is 2. The molecule has 2 aliphatic rings. The molecule has 2 rings (SSSR count). The average Bonchev–Trinajstić information content (AvgIpc) is 2.57. The number of nitrogens with zero attached hydrogens (tertiary/aromatic N) is 1. The molecule has 0 unspecified atom stereocenters. The highest BCUT2D eigenvalue weighted by atomic mass is 16.5. The fourth-order valence-corrected chi connectivity index (χ4v) is 2.94. The Labute approximate surface area is 136 Å². The van der Waals surface area contributed by atoms with Crippen LogP contribution in [-0.4, -0.2) is 73.5 Å². The summed E-state index contributed by atoms with van der Waals surface area (Å²) in [7, 11) is 1.44. The Morgan fingerprint density at radius 2 is 2.04 bits per heavy atom. The van der Waals surface area contributed by atoms with Crippen molar-refractivity contribution in [1.29, 1.82) is 0 Å². The van der Waals surface area contributed by atoms with E-state index in [4.69, 9.17) is 9.47 Å². The monoisotopic (exact) mass is 326 g/mol. The number of hydrogen-bond acceptors (Lipinski definition) is 5. The summed E-state index contributed by atoms with van der Waals surface area (Å²) in [5, 5.41) is 12.2. The van der Waals surface area contributed by atoms with Gasteiger partial charge in [-0.25, -0.2) is 0 Å². The van der Waals surface area contributed by atoms with E-state index in [1.54, 1.807) is 12.2 Å². The topological polar surface area (TPSA) is 88.1 Å². The number of piperidine rings is 1. The van der Waals surface area contributed by atoms with Crippen molar-refractivity contribution >= 4 is 11.8 Å². The van der Waals surface area contributed by atoms with Crippen LogP contribution in [0.2, 0.25) is 0 Å². The SMILES string of the molecule is COCC(=O)N[C@H]1C=C[C@H](CC(=O)N2CCCCC2)O[C@@H]1CO. The summed E-state index contributed by atoms with van der Waals surface area (Å²) in [6.07, 6.45) is 6.21. The van der Waals surface area contributed by atoms with Gasteiger partial charge in [-0.05, 0) is 19.3 Å². The molecule has 0 bridgehead atoms. The molecule has 1 fully saturated rings. The quantitative estimate of drug-likeness (QED) is 0.662. The van der Waals surface area contributed by atoms with Gasteiger partial charge in [0, 0.05) is 20.2 Å². The number of nitrogens with one attached hydrogen (secondary N) is 1. The molecule has 0 spiro atoms. The van der Waals surface area contributed by atoms with E-state index in [0.29, 0.717) is 0 Å². The third kappa shape index (κ3) is 5.30. The second-order valence-corrected chi connectivity index (χ2v) is 5.95. The van der Waals surface area contributed by atoms with Crippen LogP contribution < -0.4 is 5.32 Å². The van der Waals surface area contributed by atoms with Gasteiger partial charge in [0.2, 0.25) is 11.8 Å². The van der Waals surface area contributed by atoms with Gasteiger partial charge in [0.05, 0.1) is 25.2 Å². The Morgan fingerprint density at radius 1 is 1.30 bits per heavy atom. The number of hydrogen-bond donors (Lipinski definition) is 2. The predicted octanol–water partition coefficient (Wildman–Crippen LogP) is -0.164. The predicted molar refractivity (Wildman–Crippen MR) is 83.7 cm³/mol. The van der Waals surface area contributed by atoms with Gasteiger partial charge in [-0.2, -0.15) is 0 Å². The summed E-state index contributed by atoms with van der Waals surface area (Å²) in [5.41, 5.74) is 0. The van der Waals surface area contributed by atoms with Crippen LogP contribution in [0.15, 0.2) is 12.2 Å². The lowest BCUT2D eigenvalue weighted by atomic mass is 10.0. The number of ether oxygens (including phenoxy) is 2. The third-order valence-corrected chi connectivity index (χ3v) is 4.15. The summed E-state index contributed by atoms with van der Waals surface area (Å²) in [6.45, 7) is 1.36. The van der Waals surface area contributed by atoms with Crippen LogP contribution in [0.4, 0.5) is 0 Å². The van der Waals surface area contributed by atoms with Crippen LogP contribution in [0, 0.1) is 0 Å². The van der Waals surface area contributed by atoms with E-state index >= 15 is 0 Å². The maximum Gasteiger partial charge on any atom is 0.246 e. The highest BCUT2D eigenvalue weighted by Crippen LogP contribution is 2.18. The van der Waals surface area contributed by atoms with Gasteiger partial charge in [-0.15, -0.1) is 0 Å². The number of carbonyl (C=O) groups excluding carboxylic acids is 2. The van der Waals surface area contributed by atoms with E-state index in [0.717, 1.165) is 25.9 Å². The lowest BCUT2D eigenvalue weighted by Crippen LogP contribution is -2.50. The molecule has 0 radical (unpaired) electrons. The molecule has 7 heteroatoms. The van der Waals surface area contributed by atoms with Crippen LogP contribution >= 0.6 is 0 Å². The number of likely N-dealkylation sites (tertiary alicyclic amines) is 1. The van der Waals surface area contributed by atoms with Crippen molar-refractivity contribution in [1.82, 2.24) is 10.2 Å². The Bertz CT molecular complexity index is 434. The lowest BCUT2D eigenvalue weighted by Gasteiger charge is -2.33. The molecular weight excluding hydrogens is 300 g/mol. The molecule has 2 N–H and O–H groups in total. The van der Waals surface area contributed by atoms with Crippen molar-refractivity contribution in [3.05, 3.63) is 12.2 Å². The van der Waals surface area contributed by atoms with Crippen molar-refractivity contribution in [2.24, 2.45) is 0 Å². The Balaban J connectivity index is 1.87. The number of rotatable bonds is 6. The van der Waals surface area contributed by atoms with Crippen molar-refractivity contribution in [2.45, 2.75) is 43.9 Å². The zero-order chi connectivity index (χ0) is 16.7. The summed E-state index contributed by atoms with van der Waals surface area (Å²) in [6, 6.07) is -0.413. The number of methoxy groups -OCH3 is 1. The molecule has 3 atom stereocenters. The van der Waals surface area contributed by atoms with E-state index in [1.807, 2.05) is 4.90 Å². The van der Waals surface area contributed by atoms with Crippen molar-refractivity contribution < 1.29 is 24.2 Å². The molecule has 2 amide bonds. The molecule has 2 aliphatic heterocycles. The minimum absolute atomic E-state index is 0.0423. The first-order chi connectivity index (χ1) is 11.1. The van der Waals surface area contributed by atoms with E-state index in [9.17, 15) is 14.7 Å². The van der Waals surface area contributed by atoms with Crippen LogP contribution in [0.3, 0.4) is 0 Å². The van der Waals surface area contributed by atoms with Gasteiger partial charge >= 0.3 is 0 Å². The van der Waals surface area contributed by atoms with Gasteiger partial charge in [-0.3, -0.25) is 9.59 Å². The third-order valence-electron chi connectivity index (χ3n) is 4.15. The number of carbonyl (C=O) groups is 2. The molecule has 23 heavy (non-hydrogen) atoms. The zero-order valence-corrected chi connectivity index (χ0v) is 13.6. The fraction of sp³-hybridized carbons (Fsp3) is 0.750. The number of aliphatic hydroxyl groups is 1. The number of aliphatic hydroxyl groups excluding tert-OH is 1. The fourth-order valence-electron chi connectivity index (χ4n) is 2.94. The van der Waals surface area contributed by atoms with E-state index < -0.39 is 12.1 Å². The summed E-state index contributed by atoms with van der Waals surface area (Å²) in [5.74, 6) is -0.190. The summed E-state index contributed by atoms with van der Waals surface area (Å²) >= 11 is 0.